The van der Waals surface area contributed by atoms with Gasteiger partial charge in [0.2, 0.25) is 5.91 Å². The number of benzene rings is 1. The highest BCUT2D eigenvalue weighted by atomic mass is 16.2. The number of hydrogen-bond donors (Lipinski definition) is 0. The first-order chi connectivity index (χ1) is 17.6. The van der Waals surface area contributed by atoms with E-state index in [1.807, 2.05) is 54.3 Å². The highest BCUT2D eigenvalue weighted by Crippen LogP contribution is 2.31. The van der Waals surface area contributed by atoms with Gasteiger partial charge < -0.3 is 14.7 Å². The molecule has 0 spiro atoms. The maximum absolute atomic E-state index is 13.6. The molecule has 4 heterocycles. The number of piperidine rings is 3. The molecule has 1 aromatic carbocycles. The summed E-state index contributed by atoms with van der Waals surface area (Å²) in [5.74, 6) is 0.539. The van der Waals surface area contributed by atoms with Crippen molar-refractivity contribution in [2.24, 2.45) is 0 Å². The summed E-state index contributed by atoms with van der Waals surface area (Å²) in [6.45, 7) is 7.55. The molecule has 3 saturated heterocycles. The zero-order valence-corrected chi connectivity index (χ0v) is 21.7. The molecule has 6 heteroatoms. The van der Waals surface area contributed by atoms with Crippen molar-refractivity contribution < 1.29 is 9.59 Å². The second kappa shape index (κ2) is 11.5. The number of nitrogens with zero attached hydrogens (tertiary/aromatic N) is 4. The van der Waals surface area contributed by atoms with E-state index in [4.69, 9.17) is 4.98 Å². The van der Waals surface area contributed by atoms with Gasteiger partial charge in [0.05, 0.1) is 17.7 Å². The normalized spacial score (nSPS) is 20.5. The summed E-state index contributed by atoms with van der Waals surface area (Å²) in [4.78, 5) is 38.0. The largest absolute Gasteiger partial charge is 0.342 e. The molecule has 0 unspecified atom stereocenters. The van der Waals surface area contributed by atoms with Crippen LogP contribution in [0, 0.1) is 6.92 Å². The van der Waals surface area contributed by atoms with Crippen LogP contribution < -0.4 is 0 Å². The van der Waals surface area contributed by atoms with Crippen LogP contribution in [0.1, 0.15) is 78.2 Å². The van der Waals surface area contributed by atoms with Crippen molar-refractivity contribution in [3.63, 3.8) is 0 Å². The Hall–Kier alpha value is -2.73. The Balaban J connectivity index is 1.20. The first-order valence-corrected chi connectivity index (χ1v) is 13.9. The third-order valence-corrected chi connectivity index (χ3v) is 8.39. The smallest absolute Gasteiger partial charge is 0.255 e. The molecule has 3 aliphatic rings. The molecule has 0 bridgehead atoms. The predicted octanol–water partition coefficient (Wildman–Crippen LogP) is 4.43. The molecule has 0 atom stereocenters. The Labute approximate surface area is 215 Å². The fourth-order valence-electron chi connectivity index (χ4n) is 6.24. The van der Waals surface area contributed by atoms with E-state index < -0.39 is 0 Å². The van der Waals surface area contributed by atoms with Gasteiger partial charge in [0.1, 0.15) is 0 Å². The Morgan fingerprint density at radius 2 is 1.47 bits per heavy atom. The first kappa shape index (κ1) is 24.9. The molecule has 0 aliphatic carbocycles. The van der Waals surface area contributed by atoms with E-state index >= 15 is 0 Å². The molecule has 3 aliphatic heterocycles. The number of likely N-dealkylation sites (tertiary alicyclic amines) is 3. The van der Waals surface area contributed by atoms with Gasteiger partial charge in [0.25, 0.3) is 5.91 Å². The summed E-state index contributed by atoms with van der Waals surface area (Å²) < 4.78 is 0. The minimum absolute atomic E-state index is 0.136. The van der Waals surface area contributed by atoms with Gasteiger partial charge >= 0.3 is 0 Å². The van der Waals surface area contributed by atoms with E-state index in [0.29, 0.717) is 12.5 Å². The average molecular weight is 489 g/mol. The van der Waals surface area contributed by atoms with Crippen LogP contribution >= 0.6 is 0 Å². The Morgan fingerprint density at radius 3 is 2.17 bits per heavy atom. The second-order valence-electron chi connectivity index (χ2n) is 10.8. The molecular weight excluding hydrogens is 448 g/mol. The first-order valence-electron chi connectivity index (χ1n) is 13.9. The minimum atomic E-state index is 0.136. The topological polar surface area (TPSA) is 56.8 Å². The van der Waals surface area contributed by atoms with E-state index in [9.17, 15) is 9.59 Å². The maximum atomic E-state index is 13.6. The van der Waals surface area contributed by atoms with Crippen molar-refractivity contribution in [1.82, 2.24) is 19.7 Å². The summed E-state index contributed by atoms with van der Waals surface area (Å²) in [5.41, 5.74) is 3.72. The number of aryl methyl sites for hydroxylation is 1. The molecule has 192 valence electrons. The lowest BCUT2D eigenvalue weighted by atomic mass is 9.89. The SMILES string of the molecule is Cc1ccc(C(=O)N2CCC(N3CCCCC3)CC2)c(C2CCN(C(=O)Cc3ccccc3)CC2)n1. The molecule has 0 saturated carbocycles. The standard InChI is InChI=1S/C30H40N4O2/c1-23-10-11-27(30(36)34-20-14-26(15-21-34)32-16-6-3-7-17-32)29(31-23)25-12-18-33(19-13-25)28(35)22-24-8-4-2-5-9-24/h2,4-5,8-11,25-26H,3,6-7,12-22H2,1H3. The summed E-state index contributed by atoms with van der Waals surface area (Å²) in [6, 6.07) is 14.5. The summed E-state index contributed by atoms with van der Waals surface area (Å²) in [7, 11) is 0. The minimum Gasteiger partial charge on any atom is -0.342 e. The lowest BCUT2D eigenvalue weighted by molar-refractivity contribution is -0.131. The molecule has 2 amide bonds. The third kappa shape index (κ3) is 5.80. The summed E-state index contributed by atoms with van der Waals surface area (Å²) in [5, 5.41) is 0. The molecule has 2 aromatic rings. The van der Waals surface area contributed by atoms with Crippen LogP contribution in [0.5, 0.6) is 0 Å². The van der Waals surface area contributed by atoms with Gasteiger partial charge in [-0.3, -0.25) is 14.6 Å². The van der Waals surface area contributed by atoms with E-state index in [0.717, 1.165) is 74.4 Å². The number of pyridine rings is 1. The zero-order chi connectivity index (χ0) is 24.9. The molecule has 3 fully saturated rings. The van der Waals surface area contributed by atoms with E-state index in [-0.39, 0.29) is 17.7 Å². The number of amides is 2. The van der Waals surface area contributed by atoms with Crippen molar-refractivity contribution >= 4 is 11.8 Å². The van der Waals surface area contributed by atoms with Crippen LogP contribution in [0.2, 0.25) is 0 Å². The maximum Gasteiger partial charge on any atom is 0.255 e. The lowest BCUT2D eigenvalue weighted by Gasteiger charge is -2.40. The molecule has 5 rings (SSSR count). The monoisotopic (exact) mass is 488 g/mol. The Kier molecular flexibility index (Phi) is 8.00. The van der Waals surface area contributed by atoms with Gasteiger partial charge in [0, 0.05) is 43.8 Å². The van der Waals surface area contributed by atoms with Gasteiger partial charge in [-0.1, -0.05) is 36.8 Å². The second-order valence-corrected chi connectivity index (χ2v) is 10.8. The third-order valence-electron chi connectivity index (χ3n) is 8.39. The Bertz CT molecular complexity index is 1030. The van der Waals surface area contributed by atoms with Crippen molar-refractivity contribution in [1.29, 1.82) is 0 Å². The van der Waals surface area contributed by atoms with Crippen LogP contribution in [-0.4, -0.2) is 76.8 Å². The fourth-order valence-corrected chi connectivity index (χ4v) is 6.24. The van der Waals surface area contributed by atoms with Gasteiger partial charge in [-0.2, -0.15) is 0 Å². The lowest BCUT2D eigenvalue weighted by Crippen LogP contribution is -2.48. The molecule has 36 heavy (non-hydrogen) atoms. The molecule has 6 nitrogen and oxygen atoms in total. The van der Waals surface area contributed by atoms with Crippen LogP contribution in [0.4, 0.5) is 0 Å². The van der Waals surface area contributed by atoms with Gasteiger partial charge in [0.15, 0.2) is 0 Å². The summed E-state index contributed by atoms with van der Waals surface area (Å²) >= 11 is 0. The Morgan fingerprint density at radius 1 is 0.806 bits per heavy atom. The highest BCUT2D eigenvalue weighted by Gasteiger charge is 2.32. The van der Waals surface area contributed by atoms with Crippen molar-refractivity contribution in [3.05, 3.63) is 65.0 Å². The molecule has 1 aromatic heterocycles. The number of rotatable bonds is 5. The van der Waals surface area contributed by atoms with E-state index in [1.165, 1.54) is 32.4 Å². The average Bonchev–Trinajstić information content (AvgIpc) is 2.94. The zero-order valence-electron chi connectivity index (χ0n) is 21.7. The predicted molar refractivity (Wildman–Crippen MR) is 142 cm³/mol. The van der Waals surface area contributed by atoms with Crippen LogP contribution in [0.3, 0.4) is 0 Å². The van der Waals surface area contributed by atoms with Gasteiger partial charge in [-0.15, -0.1) is 0 Å². The number of carbonyl (C=O) groups is 2. The number of aromatic nitrogens is 1. The van der Waals surface area contributed by atoms with Crippen molar-refractivity contribution in [3.8, 4) is 0 Å². The molecular formula is C30H40N4O2. The van der Waals surface area contributed by atoms with E-state index in [2.05, 4.69) is 9.80 Å². The van der Waals surface area contributed by atoms with Crippen LogP contribution in [0.25, 0.3) is 0 Å². The van der Waals surface area contributed by atoms with E-state index in [1.54, 1.807) is 0 Å². The molecule has 0 radical (unpaired) electrons. The van der Waals surface area contributed by atoms with Crippen LogP contribution in [-0.2, 0) is 11.2 Å². The molecule has 0 N–H and O–H groups in total. The quantitative estimate of drug-likeness (QED) is 0.625. The van der Waals surface area contributed by atoms with Crippen LogP contribution in [0.15, 0.2) is 42.5 Å². The van der Waals surface area contributed by atoms with Crippen molar-refractivity contribution in [2.75, 3.05) is 39.3 Å². The van der Waals surface area contributed by atoms with Gasteiger partial charge in [-0.25, -0.2) is 0 Å². The number of hydrogen-bond acceptors (Lipinski definition) is 4. The summed E-state index contributed by atoms with van der Waals surface area (Å²) in [6.07, 6.45) is 8.29. The van der Waals surface area contributed by atoms with Gasteiger partial charge in [-0.05, 0) is 76.2 Å². The van der Waals surface area contributed by atoms with Crippen molar-refractivity contribution in [2.45, 2.75) is 70.3 Å². The number of carbonyl (C=O) groups excluding carboxylic acids is 2. The fraction of sp³-hybridized carbons (Fsp3) is 0.567. The highest BCUT2D eigenvalue weighted by molar-refractivity contribution is 5.95.